The van der Waals surface area contributed by atoms with Crippen molar-refractivity contribution in [2.24, 2.45) is 0 Å². The number of aryl methyl sites for hydroxylation is 1. The molecule has 92 valence electrons. The first kappa shape index (κ1) is 12.4. The minimum absolute atomic E-state index is 0.245. The van der Waals surface area contributed by atoms with Crippen molar-refractivity contribution in [3.8, 4) is 0 Å². The summed E-state index contributed by atoms with van der Waals surface area (Å²) in [7, 11) is 0. The number of hydrogen-bond acceptors (Lipinski definition) is 3. The first-order valence-electron chi connectivity index (χ1n) is 5.34. The number of pyridine rings is 1. The maximum atomic E-state index is 12.0. The van der Waals surface area contributed by atoms with E-state index in [4.69, 9.17) is 17.3 Å². The summed E-state index contributed by atoms with van der Waals surface area (Å²) in [6, 6.07) is 6.60. The average molecular weight is 262 g/mol. The molecule has 0 radical (unpaired) electrons. The van der Waals surface area contributed by atoms with Crippen molar-refractivity contribution in [3.05, 3.63) is 52.8 Å². The van der Waals surface area contributed by atoms with Crippen molar-refractivity contribution < 1.29 is 4.79 Å². The standard InChI is InChI=1S/C13H12ClN3O/c1-8-4-10(7-16-6-8)17-13(18)9-2-3-11(14)12(15)5-9/h2-7H,15H2,1H3,(H,17,18). The SMILES string of the molecule is Cc1cncc(NC(=O)c2ccc(Cl)c(N)c2)c1. The van der Waals surface area contributed by atoms with Gasteiger partial charge in [0.05, 0.1) is 22.6 Å². The summed E-state index contributed by atoms with van der Waals surface area (Å²) in [6.45, 7) is 1.91. The Morgan fingerprint density at radius 3 is 2.78 bits per heavy atom. The number of benzene rings is 1. The maximum Gasteiger partial charge on any atom is 0.255 e. The summed E-state index contributed by atoms with van der Waals surface area (Å²) in [5, 5.41) is 3.18. The predicted molar refractivity (Wildman–Crippen MR) is 72.8 cm³/mol. The third kappa shape index (κ3) is 2.78. The molecule has 4 nitrogen and oxygen atoms in total. The van der Waals surface area contributed by atoms with Gasteiger partial charge in [0.1, 0.15) is 0 Å². The summed E-state index contributed by atoms with van der Waals surface area (Å²) >= 11 is 5.80. The van der Waals surface area contributed by atoms with E-state index in [0.717, 1.165) is 5.56 Å². The number of rotatable bonds is 2. The number of carbonyl (C=O) groups is 1. The molecule has 5 heteroatoms. The van der Waals surface area contributed by atoms with Crippen molar-refractivity contribution in [2.75, 3.05) is 11.1 Å². The van der Waals surface area contributed by atoms with Crippen LogP contribution >= 0.6 is 11.6 Å². The lowest BCUT2D eigenvalue weighted by Gasteiger charge is -2.06. The van der Waals surface area contributed by atoms with Crippen molar-refractivity contribution in [3.63, 3.8) is 0 Å². The fraction of sp³-hybridized carbons (Fsp3) is 0.0769. The molecule has 0 saturated heterocycles. The number of anilines is 2. The van der Waals surface area contributed by atoms with Gasteiger partial charge in [-0.2, -0.15) is 0 Å². The molecular formula is C13H12ClN3O. The van der Waals surface area contributed by atoms with Gasteiger partial charge in [-0.05, 0) is 36.8 Å². The van der Waals surface area contributed by atoms with Crippen LogP contribution in [0.25, 0.3) is 0 Å². The third-order valence-corrected chi connectivity index (χ3v) is 2.74. The van der Waals surface area contributed by atoms with Gasteiger partial charge in [0.25, 0.3) is 5.91 Å². The largest absolute Gasteiger partial charge is 0.398 e. The van der Waals surface area contributed by atoms with Gasteiger partial charge in [0.2, 0.25) is 0 Å². The molecule has 3 N–H and O–H groups in total. The predicted octanol–water partition coefficient (Wildman–Crippen LogP) is 2.88. The first-order valence-corrected chi connectivity index (χ1v) is 5.72. The lowest BCUT2D eigenvalue weighted by Crippen LogP contribution is -2.12. The number of halogens is 1. The number of nitrogens with two attached hydrogens (primary N) is 1. The number of nitrogen functional groups attached to an aromatic ring is 1. The molecule has 0 aliphatic heterocycles. The molecule has 18 heavy (non-hydrogen) atoms. The summed E-state index contributed by atoms with van der Waals surface area (Å²) < 4.78 is 0. The molecular weight excluding hydrogens is 250 g/mol. The highest BCUT2D eigenvalue weighted by Crippen LogP contribution is 2.20. The van der Waals surface area contributed by atoms with Gasteiger partial charge in [-0.25, -0.2) is 0 Å². The minimum atomic E-state index is -0.245. The van der Waals surface area contributed by atoms with Gasteiger partial charge >= 0.3 is 0 Å². The number of carbonyl (C=O) groups excluding carboxylic acids is 1. The first-order chi connectivity index (χ1) is 8.56. The van der Waals surface area contributed by atoms with Gasteiger partial charge in [0.15, 0.2) is 0 Å². The van der Waals surface area contributed by atoms with Gasteiger partial charge < -0.3 is 11.1 Å². The second kappa shape index (κ2) is 5.06. The zero-order valence-corrected chi connectivity index (χ0v) is 10.5. The molecule has 1 heterocycles. The highest BCUT2D eigenvalue weighted by Gasteiger charge is 2.08. The van der Waals surface area contributed by atoms with Crippen LogP contribution in [0.4, 0.5) is 11.4 Å². The normalized spacial score (nSPS) is 10.1. The number of nitrogens with one attached hydrogen (secondary N) is 1. The van der Waals surface area contributed by atoms with Crippen LogP contribution in [0.2, 0.25) is 5.02 Å². The van der Waals surface area contributed by atoms with E-state index in [1.807, 2.05) is 13.0 Å². The van der Waals surface area contributed by atoms with Crippen LogP contribution in [0, 0.1) is 6.92 Å². The van der Waals surface area contributed by atoms with E-state index in [-0.39, 0.29) is 5.91 Å². The summed E-state index contributed by atoms with van der Waals surface area (Å²) in [5.74, 6) is -0.245. The van der Waals surface area contributed by atoms with Gasteiger partial charge in [-0.3, -0.25) is 9.78 Å². The minimum Gasteiger partial charge on any atom is -0.398 e. The van der Waals surface area contributed by atoms with Crippen LogP contribution in [0.5, 0.6) is 0 Å². The quantitative estimate of drug-likeness (QED) is 0.817. The molecule has 0 atom stereocenters. The molecule has 1 amide bonds. The van der Waals surface area contributed by atoms with Gasteiger partial charge in [0, 0.05) is 11.8 Å². The van der Waals surface area contributed by atoms with Crippen LogP contribution in [0.1, 0.15) is 15.9 Å². The Kier molecular flexibility index (Phi) is 3.48. The molecule has 0 bridgehead atoms. The Labute approximate surface area is 110 Å². The molecule has 0 aliphatic rings. The van der Waals surface area contributed by atoms with Crippen LogP contribution < -0.4 is 11.1 Å². The van der Waals surface area contributed by atoms with E-state index >= 15 is 0 Å². The summed E-state index contributed by atoms with van der Waals surface area (Å²) in [6.07, 6.45) is 3.31. The number of aromatic nitrogens is 1. The monoisotopic (exact) mass is 261 g/mol. The van der Waals surface area contributed by atoms with Crippen LogP contribution in [-0.4, -0.2) is 10.9 Å². The van der Waals surface area contributed by atoms with Crippen molar-refractivity contribution in [2.45, 2.75) is 6.92 Å². The van der Waals surface area contributed by atoms with Crippen LogP contribution in [-0.2, 0) is 0 Å². The van der Waals surface area contributed by atoms with E-state index in [2.05, 4.69) is 10.3 Å². The van der Waals surface area contributed by atoms with Gasteiger partial charge in [-0.1, -0.05) is 11.6 Å². The lowest BCUT2D eigenvalue weighted by molar-refractivity contribution is 0.102. The van der Waals surface area contributed by atoms with Gasteiger partial charge in [-0.15, -0.1) is 0 Å². The van der Waals surface area contributed by atoms with E-state index in [1.165, 1.54) is 0 Å². The number of hydrogen-bond donors (Lipinski definition) is 2. The topological polar surface area (TPSA) is 68.0 Å². The van der Waals surface area contributed by atoms with E-state index < -0.39 is 0 Å². The fourth-order valence-electron chi connectivity index (χ4n) is 1.51. The third-order valence-electron chi connectivity index (χ3n) is 2.39. The molecule has 0 fully saturated rings. The van der Waals surface area contributed by atoms with E-state index in [0.29, 0.717) is 22.0 Å². The zero-order chi connectivity index (χ0) is 13.1. The second-order valence-corrected chi connectivity index (χ2v) is 4.35. The average Bonchev–Trinajstić information content (AvgIpc) is 2.32. The smallest absolute Gasteiger partial charge is 0.255 e. The Hall–Kier alpha value is -2.07. The molecule has 0 unspecified atom stereocenters. The molecule has 1 aromatic heterocycles. The molecule has 2 aromatic rings. The molecule has 2 rings (SSSR count). The van der Waals surface area contributed by atoms with Crippen molar-refractivity contribution in [1.29, 1.82) is 0 Å². The number of amides is 1. The summed E-state index contributed by atoms with van der Waals surface area (Å²) in [4.78, 5) is 16.0. The molecule has 1 aromatic carbocycles. The highest BCUT2D eigenvalue weighted by molar-refractivity contribution is 6.33. The van der Waals surface area contributed by atoms with Crippen molar-refractivity contribution >= 4 is 28.9 Å². The highest BCUT2D eigenvalue weighted by atomic mass is 35.5. The lowest BCUT2D eigenvalue weighted by atomic mass is 10.2. The van der Waals surface area contributed by atoms with Crippen molar-refractivity contribution in [1.82, 2.24) is 4.98 Å². The van der Waals surface area contributed by atoms with E-state index in [9.17, 15) is 4.79 Å². The Morgan fingerprint density at radius 1 is 1.33 bits per heavy atom. The Bertz CT molecular complexity index is 599. The molecule has 0 saturated carbocycles. The van der Waals surface area contributed by atoms with E-state index in [1.54, 1.807) is 30.6 Å². The summed E-state index contributed by atoms with van der Waals surface area (Å²) in [5.41, 5.74) is 8.11. The van der Waals surface area contributed by atoms with Crippen LogP contribution in [0.3, 0.4) is 0 Å². The number of nitrogens with zero attached hydrogens (tertiary/aromatic N) is 1. The fourth-order valence-corrected chi connectivity index (χ4v) is 1.63. The zero-order valence-electron chi connectivity index (χ0n) is 9.77. The maximum absolute atomic E-state index is 12.0. The molecule has 0 aliphatic carbocycles. The Morgan fingerprint density at radius 2 is 2.11 bits per heavy atom. The molecule has 0 spiro atoms. The van der Waals surface area contributed by atoms with Crippen LogP contribution in [0.15, 0.2) is 36.7 Å². The Balaban J connectivity index is 2.19. The second-order valence-electron chi connectivity index (χ2n) is 3.94.